The summed E-state index contributed by atoms with van der Waals surface area (Å²) in [7, 11) is -3.83. The molecule has 4 aromatic rings. The summed E-state index contributed by atoms with van der Waals surface area (Å²) in [5, 5.41) is 3.31. The molecule has 0 heterocycles. The minimum absolute atomic E-state index is 0.165. The summed E-state index contributed by atoms with van der Waals surface area (Å²) >= 11 is 6.01. The van der Waals surface area contributed by atoms with Gasteiger partial charge in [-0.3, -0.25) is 9.10 Å². The average molecular weight is 535 g/mol. The van der Waals surface area contributed by atoms with Crippen LogP contribution in [0.1, 0.15) is 16.7 Å². The van der Waals surface area contributed by atoms with E-state index in [1.807, 2.05) is 50.2 Å². The summed E-state index contributed by atoms with van der Waals surface area (Å²) < 4.78 is 34.2. The van der Waals surface area contributed by atoms with Crippen LogP contribution in [-0.4, -0.2) is 20.9 Å². The van der Waals surface area contributed by atoms with E-state index in [0.717, 1.165) is 16.7 Å². The smallest absolute Gasteiger partial charge is 0.264 e. The molecule has 0 aliphatic carbocycles. The largest absolute Gasteiger partial charge is 0.484 e. The molecular formula is C29H27ClN2O4S. The number of hydrogen-bond acceptors (Lipinski definition) is 4. The van der Waals surface area contributed by atoms with Gasteiger partial charge in [0.15, 0.2) is 6.61 Å². The van der Waals surface area contributed by atoms with Crippen LogP contribution in [0.3, 0.4) is 0 Å². The van der Waals surface area contributed by atoms with Gasteiger partial charge < -0.3 is 10.1 Å². The number of nitrogens with zero attached hydrogens (tertiary/aromatic N) is 1. The highest BCUT2D eigenvalue weighted by atomic mass is 35.5. The molecule has 8 heteroatoms. The van der Waals surface area contributed by atoms with Gasteiger partial charge in [-0.2, -0.15) is 0 Å². The molecule has 4 rings (SSSR count). The first-order valence-corrected chi connectivity index (χ1v) is 13.5. The lowest BCUT2D eigenvalue weighted by molar-refractivity contribution is -0.118. The minimum atomic E-state index is -3.83. The number of amides is 1. The third-order valence-corrected chi connectivity index (χ3v) is 7.77. The zero-order valence-corrected chi connectivity index (χ0v) is 22.1. The maximum atomic E-state index is 13.6. The lowest BCUT2D eigenvalue weighted by Crippen LogP contribution is -2.30. The number of hydrogen-bond donors (Lipinski definition) is 1. The molecule has 0 saturated carbocycles. The van der Waals surface area contributed by atoms with Crippen molar-refractivity contribution in [2.45, 2.75) is 25.3 Å². The number of ether oxygens (including phenoxy) is 1. The quantitative estimate of drug-likeness (QED) is 0.271. The van der Waals surface area contributed by atoms with E-state index in [1.54, 1.807) is 60.7 Å². The van der Waals surface area contributed by atoms with Crippen LogP contribution in [0, 0.1) is 13.8 Å². The number of rotatable bonds is 9. The fraction of sp³-hybridized carbons (Fsp3) is 0.138. The molecule has 0 aliphatic rings. The van der Waals surface area contributed by atoms with Gasteiger partial charge >= 0.3 is 0 Å². The first-order valence-electron chi connectivity index (χ1n) is 11.6. The number of carbonyl (C=O) groups excluding carboxylic acids is 1. The second-order valence-electron chi connectivity index (χ2n) is 8.60. The number of halogens is 1. The fourth-order valence-corrected chi connectivity index (χ4v) is 5.30. The Morgan fingerprint density at radius 3 is 2.24 bits per heavy atom. The molecule has 0 unspecified atom stereocenters. The summed E-state index contributed by atoms with van der Waals surface area (Å²) in [5.74, 6) is 0.108. The van der Waals surface area contributed by atoms with Crippen LogP contribution in [0.15, 0.2) is 102 Å². The Morgan fingerprint density at radius 2 is 1.57 bits per heavy atom. The van der Waals surface area contributed by atoms with Gasteiger partial charge in [-0.1, -0.05) is 65.7 Å². The van der Waals surface area contributed by atoms with Gasteiger partial charge in [0, 0.05) is 10.7 Å². The minimum Gasteiger partial charge on any atom is -0.484 e. The predicted octanol–water partition coefficient (Wildman–Crippen LogP) is 6.37. The maximum Gasteiger partial charge on any atom is 0.264 e. The second kappa shape index (κ2) is 11.5. The number of aryl methyl sites for hydroxylation is 2. The van der Waals surface area contributed by atoms with Crippen LogP contribution in [-0.2, 0) is 21.4 Å². The van der Waals surface area contributed by atoms with Gasteiger partial charge in [-0.15, -0.1) is 0 Å². The SMILES string of the molecule is Cc1ccc(S(=O)(=O)N(Cc2ccccc2)c2ccc(OCC(=O)Nc3cc(Cl)ccc3C)cc2)cc1. The molecule has 0 fully saturated rings. The van der Waals surface area contributed by atoms with Crippen molar-refractivity contribution in [2.24, 2.45) is 0 Å². The highest BCUT2D eigenvalue weighted by Crippen LogP contribution is 2.28. The van der Waals surface area contributed by atoms with E-state index in [9.17, 15) is 13.2 Å². The van der Waals surface area contributed by atoms with E-state index in [1.165, 1.54) is 4.31 Å². The summed E-state index contributed by atoms with van der Waals surface area (Å²) in [6.07, 6.45) is 0. The molecule has 37 heavy (non-hydrogen) atoms. The number of anilines is 2. The number of nitrogens with one attached hydrogen (secondary N) is 1. The topological polar surface area (TPSA) is 75.7 Å². The van der Waals surface area contributed by atoms with Crippen LogP contribution < -0.4 is 14.4 Å². The normalized spacial score (nSPS) is 11.1. The molecule has 0 radical (unpaired) electrons. The number of benzene rings is 4. The van der Waals surface area contributed by atoms with Crippen molar-refractivity contribution < 1.29 is 17.9 Å². The first kappa shape index (κ1) is 26.3. The van der Waals surface area contributed by atoms with E-state index in [2.05, 4.69) is 5.32 Å². The van der Waals surface area contributed by atoms with Crippen LogP contribution in [0.4, 0.5) is 11.4 Å². The third kappa shape index (κ3) is 6.70. The average Bonchev–Trinajstić information content (AvgIpc) is 2.89. The molecule has 190 valence electrons. The summed E-state index contributed by atoms with van der Waals surface area (Å²) in [5.41, 5.74) is 3.82. The molecule has 0 atom stereocenters. The molecule has 0 bridgehead atoms. The lowest BCUT2D eigenvalue weighted by atomic mass is 10.2. The molecule has 6 nitrogen and oxygen atoms in total. The van der Waals surface area contributed by atoms with Gasteiger partial charge in [0.2, 0.25) is 0 Å². The molecule has 0 aliphatic heterocycles. The Labute approximate surface area is 222 Å². The van der Waals surface area contributed by atoms with Crippen molar-refractivity contribution in [1.29, 1.82) is 0 Å². The highest BCUT2D eigenvalue weighted by molar-refractivity contribution is 7.92. The highest BCUT2D eigenvalue weighted by Gasteiger charge is 2.25. The van der Waals surface area contributed by atoms with Gasteiger partial charge in [-0.25, -0.2) is 8.42 Å². The Morgan fingerprint density at radius 1 is 0.892 bits per heavy atom. The number of carbonyl (C=O) groups is 1. The monoisotopic (exact) mass is 534 g/mol. The number of sulfonamides is 1. The standard InChI is InChI=1S/C29H27ClN2O4S/c1-21-8-16-27(17-9-21)37(34,35)32(19-23-6-4-3-5-7-23)25-12-14-26(15-13-25)36-20-29(33)31-28-18-24(30)11-10-22(28)2/h3-18H,19-20H2,1-2H3,(H,31,33). The van der Waals surface area contributed by atoms with Crippen LogP contribution >= 0.6 is 11.6 Å². The zero-order valence-electron chi connectivity index (χ0n) is 20.5. The van der Waals surface area contributed by atoms with Crippen LogP contribution in [0.2, 0.25) is 5.02 Å². The van der Waals surface area contributed by atoms with Gasteiger partial charge in [0.05, 0.1) is 17.1 Å². The summed E-state index contributed by atoms with van der Waals surface area (Å²) in [6.45, 7) is 3.74. The molecule has 0 spiro atoms. The van der Waals surface area contributed by atoms with Crippen molar-refractivity contribution in [3.8, 4) is 5.75 Å². The summed E-state index contributed by atoms with van der Waals surface area (Å²) in [4.78, 5) is 12.6. The van der Waals surface area contributed by atoms with Crippen molar-refractivity contribution in [3.05, 3.63) is 119 Å². The second-order valence-corrected chi connectivity index (χ2v) is 10.9. The molecule has 4 aromatic carbocycles. The zero-order chi connectivity index (χ0) is 26.4. The summed E-state index contributed by atoms with van der Waals surface area (Å²) in [6, 6.07) is 28.1. The van der Waals surface area contributed by atoms with Crippen LogP contribution in [0.25, 0.3) is 0 Å². The molecule has 0 saturated heterocycles. The fourth-order valence-electron chi connectivity index (χ4n) is 3.67. The third-order valence-electron chi connectivity index (χ3n) is 5.75. The van der Waals surface area contributed by atoms with Crippen LogP contribution in [0.5, 0.6) is 5.75 Å². The van der Waals surface area contributed by atoms with Gasteiger partial charge in [-0.05, 0) is 73.5 Å². The van der Waals surface area contributed by atoms with Crippen molar-refractivity contribution in [3.63, 3.8) is 0 Å². The Balaban J connectivity index is 1.51. The Bertz CT molecular complexity index is 1470. The first-order chi connectivity index (χ1) is 17.7. The Hall–Kier alpha value is -3.81. The molecule has 0 aromatic heterocycles. The van der Waals surface area contributed by atoms with Gasteiger partial charge in [0.1, 0.15) is 5.75 Å². The molecule has 1 amide bonds. The molecular weight excluding hydrogens is 508 g/mol. The van der Waals surface area contributed by atoms with Crippen molar-refractivity contribution >= 4 is 38.9 Å². The van der Waals surface area contributed by atoms with E-state index < -0.39 is 10.0 Å². The van der Waals surface area contributed by atoms with E-state index in [-0.39, 0.29) is 24.0 Å². The maximum absolute atomic E-state index is 13.6. The Kier molecular flexibility index (Phi) is 8.16. The van der Waals surface area contributed by atoms with E-state index in [4.69, 9.17) is 16.3 Å². The van der Waals surface area contributed by atoms with Crippen molar-refractivity contribution in [1.82, 2.24) is 0 Å². The predicted molar refractivity (Wildman–Crippen MR) is 148 cm³/mol. The van der Waals surface area contributed by atoms with Gasteiger partial charge in [0.25, 0.3) is 15.9 Å². The van der Waals surface area contributed by atoms with Crippen molar-refractivity contribution in [2.75, 3.05) is 16.2 Å². The lowest BCUT2D eigenvalue weighted by Gasteiger charge is -2.25. The van der Waals surface area contributed by atoms with E-state index in [0.29, 0.717) is 22.1 Å². The van der Waals surface area contributed by atoms with E-state index >= 15 is 0 Å². The molecule has 1 N–H and O–H groups in total.